The smallest absolute Gasteiger partial charge is 0.252 e. The molecule has 0 aliphatic carbocycles. The van der Waals surface area contributed by atoms with E-state index >= 15 is 0 Å². The molecule has 0 radical (unpaired) electrons. The van der Waals surface area contributed by atoms with Gasteiger partial charge in [0.2, 0.25) is 0 Å². The number of furan rings is 1. The molecule has 1 aromatic heterocycles. The van der Waals surface area contributed by atoms with Gasteiger partial charge in [-0.1, -0.05) is 18.2 Å². The summed E-state index contributed by atoms with van der Waals surface area (Å²) >= 11 is 5.45. The monoisotopic (exact) mass is 230 g/mol. The molecule has 0 saturated carbocycles. The number of fused-ring (bicyclic) bond motifs is 3. The topological polar surface area (TPSA) is 30.2 Å². The highest BCUT2D eigenvalue weighted by atomic mass is 35.5. The van der Waals surface area contributed by atoms with Crippen LogP contribution in [0.3, 0.4) is 0 Å². The van der Waals surface area contributed by atoms with Crippen molar-refractivity contribution < 1.29 is 9.21 Å². The van der Waals surface area contributed by atoms with Gasteiger partial charge in [0.25, 0.3) is 5.24 Å². The number of rotatable bonds is 1. The molecular formula is C13H7ClO2. The van der Waals surface area contributed by atoms with Crippen molar-refractivity contribution in [3.05, 3.63) is 48.0 Å². The van der Waals surface area contributed by atoms with E-state index in [-0.39, 0.29) is 0 Å². The second-order valence-electron chi connectivity index (χ2n) is 3.58. The standard InChI is InChI=1S/C13H7ClO2/c14-13(15)8-5-6-12-10(7-8)9-3-1-2-4-11(9)16-12/h1-7H. The molecule has 0 spiro atoms. The van der Waals surface area contributed by atoms with Crippen LogP contribution in [0.15, 0.2) is 46.9 Å². The maximum atomic E-state index is 11.1. The van der Waals surface area contributed by atoms with Gasteiger partial charge in [-0.2, -0.15) is 0 Å². The molecule has 78 valence electrons. The average molecular weight is 231 g/mol. The minimum atomic E-state index is -0.452. The predicted octanol–water partition coefficient (Wildman–Crippen LogP) is 3.97. The Morgan fingerprint density at radius 2 is 1.75 bits per heavy atom. The van der Waals surface area contributed by atoms with Crippen LogP contribution in [0.5, 0.6) is 0 Å². The number of hydrogen-bond acceptors (Lipinski definition) is 2. The van der Waals surface area contributed by atoms with E-state index in [1.54, 1.807) is 18.2 Å². The first kappa shape index (κ1) is 9.43. The number of hydrogen-bond donors (Lipinski definition) is 0. The maximum Gasteiger partial charge on any atom is 0.252 e. The lowest BCUT2D eigenvalue weighted by atomic mass is 10.1. The molecule has 0 fully saturated rings. The van der Waals surface area contributed by atoms with Gasteiger partial charge in [0.1, 0.15) is 11.2 Å². The van der Waals surface area contributed by atoms with E-state index in [0.717, 1.165) is 21.9 Å². The normalized spacial score (nSPS) is 11.1. The lowest BCUT2D eigenvalue weighted by Gasteiger charge is -1.93. The van der Waals surface area contributed by atoms with Gasteiger partial charge >= 0.3 is 0 Å². The summed E-state index contributed by atoms with van der Waals surface area (Å²) in [5.74, 6) is 0. The molecule has 1 heterocycles. The van der Waals surface area contributed by atoms with Crippen molar-refractivity contribution in [2.75, 3.05) is 0 Å². The highest BCUT2D eigenvalue weighted by Crippen LogP contribution is 2.29. The van der Waals surface area contributed by atoms with Crippen LogP contribution in [-0.2, 0) is 0 Å². The molecule has 0 bridgehead atoms. The zero-order chi connectivity index (χ0) is 11.1. The van der Waals surface area contributed by atoms with Crippen LogP contribution in [0.25, 0.3) is 21.9 Å². The van der Waals surface area contributed by atoms with E-state index < -0.39 is 5.24 Å². The molecule has 0 unspecified atom stereocenters. The van der Waals surface area contributed by atoms with E-state index in [0.29, 0.717) is 5.56 Å². The van der Waals surface area contributed by atoms with Crippen LogP contribution < -0.4 is 0 Å². The number of carbonyl (C=O) groups excluding carboxylic acids is 1. The molecule has 3 aromatic rings. The van der Waals surface area contributed by atoms with Gasteiger partial charge in [0, 0.05) is 16.3 Å². The van der Waals surface area contributed by atoms with Crippen molar-refractivity contribution in [2.45, 2.75) is 0 Å². The maximum absolute atomic E-state index is 11.1. The average Bonchev–Trinajstić information content (AvgIpc) is 2.66. The van der Waals surface area contributed by atoms with Crippen molar-refractivity contribution in [3.8, 4) is 0 Å². The molecule has 2 aromatic carbocycles. The van der Waals surface area contributed by atoms with Crippen LogP contribution >= 0.6 is 11.6 Å². The fraction of sp³-hybridized carbons (Fsp3) is 0. The number of carbonyl (C=O) groups is 1. The Kier molecular flexibility index (Phi) is 1.98. The van der Waals surface area contributed by atoms with Crippen LogP contribution in [0.1, 0.15) is 10.4 Å². The van der Waals surface area contributed by atoms with Gasteiger partial charge in [-0.05, 0) is 35.9 Å². The zero-order valence-electron chi connectivity index (χ0n) is 8.24. The van der Waals surface area contributed by atoms with Crippen molar-refractivity contribution in [1.82, 2.24) is 0 Å². The van der Waals surface area contributed by atoms with E-state index in [2.05, 4.69) is 0 Å². The molecule has 3 heteroatoms. The summed E-state index contributed by atoms with van der Waals surface area (Å²) in [5, 5.41) is 1.46. The zero-order valence-corrected chi connectivity index (χ0v) is 8.99. The third-order valence-electron chi connectivity index (χ3n) is 2.60. The fourth-order valence-corrected chi connectivity index (χ4v) is 1.97. The minimum absolute atomic E-state index is 0.452. The molecule has 0 aliphatic rings. The number of halogens is 1. The third-order valence-corrected chi connectivity index (χ3v) is 2.82. The molecular weight excluding hydrogens is 224 g/mol. The first-order valence-corrected chi connectivity index (χ1v) is 5.24. The Hall–Kier alpha value is -1.80. The molecule has 16 heavy (non-hydrogen) atoms. The van der Waals surface area contributed by atoms with Crippen molar-refractivity contribution in [2.24, 2.45) is 0 Å². The Morgan fingerprint density at radius 1 is 1.00 bits per heavy atom. The number of para-hydroxylation sites is 1. The van der Waals surface area contributed by atoms with Gasteiger partial charge in [0.15, 0.2) is 0 Å². The van der Waals surface area contributed by atoms with E-state index in [1.165, 1.54) is 0 Å². The van der Waals surface area contributed by atoms with Gasteiger partial charge in [0.05, 0.1) is 0 Å². The first-order chi connectivity index (χ1) is 7.75. The fourth-order valence-electron chi connectivity index (χ4n) is 1.85. The van der Waals surface area contributed by atoms with E-state index in [9.17, 15) is 4.79 Å². The summed E-state index contributed by atoms with van der Waals surface area (Å²) in [4.78, 5) is 11.1. The summed E-state index contributed by atoms with van der Waals surface area (Å²) in [6, 6.07) is 12.9. The molecule has 0 saturated heterocycles. The second-order valence-corrected chi connectivity index (χ2v) is 3.93. The Bertz CT molecular complexity index is 697. The highest BCUT2D eigenvalue weighted by Gasteiger charge is 2.09. The van der Waals surface area contributed by atoms with Gasteiger partial charge in [-0.3, -0.25) is 4.79 Å². The Morgan fingerprint density at radius 3 is 2.56 bits per heavy atom. The van der Waals surface area contributed by atoms with Gasteiger partial charge in [-0.15, -0.1) is 0 Å². The van der Waals surface area contributed by atoms with Crippen LogP contribution in [0.2, 0.25) is 0 Å². The van der Waals surface area contributed by atoms with E-state index in [4.69, 9.17) is 16.0 Å². The first-order valence-electron chi connectivity index (χ1n) is 4.87. The van der Waals surface area contributed by atoms with Crippen LogP contribution in [0, 0.1) is 0 Å². The third kappa shape index (κ3) is 1.31. The SMILES string of the molecule is O=C(Cl)c1ccc2oc3ccccc3c2c1. The van der Waals surface area contributed by atoms with Gasteiger partial charge in [-0.25, -0.2) is 0 Å². The van der Waals surface area contributed by atoms with Crippen LogP contribution in [-0.4, -0.2) is 5.24 Å². The molecule has 0 atom stereocenters. The Balaban J connectivity index is 2.44. The highest BCUT2D eigenvalue weighted by molar-refractivity contribution is 6.67. The summed E-state index contributed by atoms with van der Waals surface area (Å²) in [6.45, 7) is 0. The number of benzene rings is 2. The summed E-state index contributed by atoms with van der Waals surface area (Å²) in [7, 11) is 0. The van der Waals surface area contributed by atoms with Crippen molar-refractivity contribution in [1.29, 1.82) is 0 Å². The van der Waals surface area contributed by atoms with Crippen molar-refractivity contribution in [3.63, 3.8) is 0 Å². The lowest BCUT2D eigenvalue weighted by molar-refractivity contribution is 0.108. The van der Waals surface area contributed by atoms with E-state index in [1.807, 2.05) is 24.3 Å². The minimum Gasteiger partial charge on any atom is -0.456 e. The molecule has 0 N–H and O–H groups in total. The summed E-state index contributed by atoms with van der Waals surface area (Å²) < 4.78 is 5.63. The predicted molar refractivity (Wildman–Crippen MR) is 63.9 cm³/mol. The molecule has 0 aliphatic heterocycles. The van der Waals surface area contributed by atoms with Crippen molar-refractivity contribution >= 4 is 38.8 Å². The lowest BCUT2D eigenvalue weighted by Crippen LogP contribution is -1.86. The largest absolute Gasteiger partial charge is 0.456 e. The summed E-state index contributed by atoms with van der Waals surface area (Å²) in [5.41, 5.74) is 2.07. The van der Waals surface area contributed by atoms with Crippen LogP contribution in [0.4, 0.5) is 0 Å². The summed E-state index contributed by atoms with van der Waals surface area (Å²) in [6.07, 6.45) is 0. The van der Waals surface area contributed by atoms with Gasteiger partial charge < -0.3 is 4.42 Å². The molecule has 0 amide bonds. The molecule has 3 rings (SSSR count). The Labute approximate surface area is 96.4 Å². The quantitative estimate of drug-likeness (QED) is 0.592. The second kappa shape index (κ2) is 3.35. The molecule has 2 nitrogen and oxygen atoms in total.